The molecular weight excluding hydrogens is 430 g/mol. The van der Waals surface area contributed by atoms with Crippen LogP contribution in [0.25, 0.3) is 44.4 Å². The molecule has 3 aromatic heterocycles. The van der Waals surface area contributed by atoms with E-state index in [2.05, 4.69) is 21.2 Å². The summed E-state index contributed by atoms with van der Waals surface area (Å²) in [6.45, 7) is 4.44. The van der Waals surface area contributed by atoms with Crippen molar-refractivity contribution >= 4 is 33.9 Å². The molecule has 0 saturated carbocycles. The van der Waals surface area contributed by atoms with E-state index in [1.807, 2.05) is 60.5 Å². The zero-order valence-electron chi connectivity index (χ0n) is 18.7. The Hall–Kier alpha value is -4.17. The number of pyridine rings is 2. The maximum atomic E-state index is 12.8. The van der Waals surface area contributed by atoms with Gasteiger partial charge in [0.25, 0.3) is 11.6 Å². The Morgan fingerprint density at radius 1 is 1.03 bits per heavy atom. The number of hydrogen-bond donors (Lipinski definition) is 2. The number of aryl methyl sites for hydroxylation is 1. The van der Waals surface area contributed by atoms with Crippen LogP contribution in [0, 0.1) is 6.92 Å². The summed E-state index contributed by atoms with van der Waals surface area (Å²) in [6, 6.07) is 15.7. The van der Waals surface area contributed by atoms with Crippen LogP contribution in [-0.2, 0) is 4.74 Å². The van der Waals surface area contributed by atoms with Crippen LogP contribution in [-0.4, -0.2) is 52.2 Å². The van der Waals surface area contributed by atoms with E-state index in [0.717, 1.165) is 44.2 Å². The number of aromatic nitrogens is 3. The van der Waals surface area contributed by atoms with Gasteiger partial charge in [-0.1, -0.05) is 18.2 Å². The Labute approximate surface area is 195 Å². The second kappa shape index (κ2) is 8.00. The second-order valence-corrected chi connectivity index (χ2v) is 8.49. The lowest BCUT2D eigenvalue weighted by Gasteiger charge is -2.26. The first kappa shape index (κ1) is 20.4. The quantitative estimate of drug-likeness (QED) is 0.419. The number of nitrogens with one attached hydrogen (secondary N) is 1. The fraction of sp³-hybridized carbons (Fsp3) is 0.192. The lowest BCUT2D eigenvalue weighted by atomic mass is 9.98. The number of fused-ring (bicyclic) bond motifs is 2. The molecule has 1 fully saturated rings. The number of ether oxygens (including phenoxy) is 1. The molecule has 1 aliphatic heterocycles. The monoisotopic (exact) mass is 453 g/mol. The molecule has 5 aromatic rings. The van der Waals surface area contributed by atoms with Gasteiger partial charge in [-0.3, -0.25) is 4.79 Å². The number of hydrogen-bond acceptors (Lipinski definition) is 6. The summed E-state index contributed by atoms with van der Waals surface area (Å²) in [6.07, 6.45) is 1.83. The van der Waals surface area contributed by atoms with Gasteiger partial charge in [-0.05, 0) is 53.9 Å². The second-order valence-electron chi connectivity index (χ2n) is 8.49. The summed E-state index contributed by atoms with van der Waals surface area (Å²) in [7, 11) is 0. The van der Waals surface area contributed by atoms with Crippen LogP contribution < -0.4 is 5.73 Å². The van der Waals surface area contributed by atoms with Gasteiger partial charge in [-0.25, -0.2) is 15.1 Å². The molecule has 1 saturated heterocycles. The van der Waals surface area contributed by atoms with Crippen molar-refractivity contribution in [2.75, 3.05) is 32.0 Å². The van der Waals surface area contributed by atoms with Gasteiger partial charge in [0, 0.05) is 41.4 Å². The van der Waals surface area contributed by atoms with Crippen molar-refractivity contribution in [3.05, 3.63) is 65.9 Å². The van der Waals surface area contributed by atoms with Crippen molar-refractivity contribution < 1.29 is 14.1 Å². The molecule has 1 aliphatic rings. The molecule has 0 unspecified atom stereocenters. The summed E-state index contributed by atoms with van der Waals surface area (Å²) in [4.78, 5) is 23.6. The van der Waals surface area contributed by atoms with Gasteiger partial charge >= 0.3 is 0 Å². The molecule has 4 heterocycles. The highest BCUT2D eigenvalue weighted by Crippen LogP contribution is 2.33. The van der Waals surface area contributed by atoms with Gasteiger partial charge in [-0.15, -0.1) is 0 Å². The Bertz CT molecular complexity index is 1530. The number of rotatable bonds is 3. The van der Waals surface area contributed by atoms with Crippen molar-refractivity contribution in [1.29, 1.82) is 0 Å². The van der Waals surface area contributed by atoms with Crippen LogP contribution in [0.2, 0.25) is 0 Å². The first-order valence-electron chi connectivity index (χ1n) is 11.2. The summed E-state index contributed by atoms with van der Waals surface area (Å²) in [5.41, 5.74) is 14.2. The lowest BCUT2D eigenvalue weighted by molar-refractivity contribution is 0.0303. The molecule has 170 valence electrons. The molecule has 0 spiro atoms. The standard InChI is InChI=1S/C26H23N5O3/c1-15-21(14-28-25-23(15)30-34-25)18-6-7-22-19(12-18)13-20(24(27)29-22)16-2-4-17(5-3-16)26(32)31-8-10-33-11-9-31/h2-7,12-14,30H,8-11H2,1H3,(H2,27,29). The minimum atomic E-state index is 0.0199. The van der Waals surface area contributed by atoms with Gasteiger partial charge in [0.05, 0.1) is 18.7 Å². The highest BCUT2D eigenvalue weighted by atomic mass is 16.5. The van der Waals surface area contributed by atoms with E-state index in [1.54, 1.807) is 0 Å². The Balaban J connectivity index is 1.35. The molecule has 0 radical (unpaired) electrons. The van der Waals surface area contributed by atoms with Gasteiger partial charge in [0.15, 0.2) is 0 Å². The average molecular weight is 454 g/mol. The van der Waals surface area contributed by atoms with E-state index < -0.39 is 0 Å². The fourth-order valence-electron chi connectivity index (χ4n) is 4.45. The summed E-state index contributed by atoms with van der Waals surface area (Å²) >= 11 is 0. The predicted octanol–water partition coefficient (Wildman–Crippen LogP) is 4.40. The molecule has 0 bridgehead atoms. The number of amides is 1. The number of nitrogens with zero attached hydrogens (tertiary/aromatic N) is 3. The number of morpholine rings is 1. The molecule has 0 atom stereocenters. The summed E-state index contributed by atoms with van der Waals surface area (Å²) in [5.74, 6) is 0.472. The number of nitrogens with two attached hydrogens (primary N) is 1. The smallest absolute Gasteiger partial charge is 0.272 e. The first-order valence-corrected chi connectivity index (χ1v) is 11.2. The molecule has 2 aromatic carbocycles. The van der Waals surface area contributed by atoms with Crippen LogP contribution in [0.1, 0.15) is 15.9 Å². The molecule has 1 amide bonds. The SMILES string of the molecule is Cc1c(-c2ccc3nc(N)c(-c4ccc(C(=O)N5CCOCC5)cc4)cc3c2)cnc2o[nH]c12. The van der Waals surface area contributed by atoms with Crippen LogP contribution >= 0.6 is 0 Å². The molecule has 3 N–H and O–H groups in total. The molecule has 0 aliphatic carbocycles. The molecule has 8 nitrogen and oxygen atoms in total. The van der Waals surface area contributed by atoms with Crippen molar-refractivity contribution in [3.8, 4) is 22.3 Å². The third-order valence-electron chi connectivity index (χ3n) is 6.45. The third-order valence-corrected chi connectivity index (χ3v) is 6.45. The normalized spacial score (nSPS) is 14.2. The molecule has 8 heteroatoms. The molecule has 34 heavy (non-hydrogen) atoms. The summed E-state index contributed by atoms with van der Waals surface area (Å²) in [5, 5.41) is 3.82. The predicted molar refractivity (Wildman–Crippen MR) is 130 cm³/mol. The average Bonchev–Trinajstić information content (AvgIpc) is 2.85. The van der Waals surface area contributed by atoms with E-state index in [-0.39, 0.29) is 5.91 Å². The maximum absolute atomic E-state index is 12.8. The van der Waals surface area contributed by atoms with E-state index in [9.17, 15) is 4.79 Å². The van der Waals surface area contributed by atoms with Crippen LogP contribution in [0.5, 0.6) is 0 Å². The number of nitrogen functional groups attached to an aromatic ring is 1. The minimum Gasteiger partial charge on any atom is -0.383 e. The number of benzene rings is 2. The number of anilines is 1. The van der Waals surface area contributed by atoms with Crippen LogP contribution in [0.15, 0.2) is 59.3 Å². The number of carbonyl (C=O) groups excluding carboxylic acids is 1. The number of H-pyrrole nitrogens is 1. The summed E-state index contributed by atoms with van der Waals surface area (Å²) < 4.78 is 10.5. The van der Waals surface area contributed by atoms with Crippen molar-refractivity contribution in [2.24, 2.45) is 0 Å². The zero-order valence-corrected chi connectivity index (χ0v) is 18.7. The van der Waals surface area contributed by atoms with Gasteiger partial charge in [0.2, 0.25) is 0 Å². The highest BCUT2D eigenvalue weighted by molar-refractivity contribution is 5.96. The number of carbonyl (C=O) groups is 1. The van der Waals surface area contributed by atoms with Crippen molar-refractivity contribution in [3.63, 3.8) is 0 Å². The Kier molecular flexibility index (Phi) is 4.81. The number of aromatic amines is 1. The highest BCUT2D eigenvalue weighted by Gasteiger charge is 2.19. The largest absolute Gasteiger partial charge is 0.383 e. The van der Waals surface area contributed by atoms with E-state index >= 15 is 0 Å². The minimum absolute atomic E-state index is 0.0199. The Morgan fingerprint density at radius 2 is 1.79 bits per heavy atom. The fourth-order valence-corrected chi connectivity index (χ4v) is 4.45. The Morgan fingerprint density at radius 3 is 2.53 bits per heavy atom. The van der Waals surface area contributed by atoms with Gasteiger partial charge in [0.1, 0.15) is 11.3 Å². The zero-order chi connectivity index (χ0) is 23.2. The first-order chi connectivity index (χ1) is 16.6. The van der Waals surface area contributed by atoms with Crippen molar-refractivity contribution in [2.45, 2.75) is 6.92 Å². The van der Waals surface area contributed by atoms with Gasteiger partial charge < -0.3 is 19.9 Å². The van der Waals surface area contributed by atoms with E-state index in [4.69, 9.17) is 15.0 Å². The third kappa shape index (κ3) is 3.39. The van der Waals surface area contributed by atoms with Crippen LogP contribution in [0.3, 0.4) is 0 Å². The topological polar surface area (TPSA) is 110 Å². The molecule has 6 rings (SSSR count). The van der Waals surface area contributed by atoms with E-state index in [1.165, 1.54) is 0 Å². The maximum Gasteiger partial charge on any atom is 0.272 e. The van der Waals surface area contributed by atoms with Gasteiger partial charge in [-0.2, -0.15) is 0 Å². The molecular formula is C26H23N5O3. The van der Waals surface area contributed by atoms with E-state index in [0.29, 0.717) is 43.4 Å². The van der Waals surface area contributed by atoms with Crippen LogP contribution in [0.4, 0.5) is 5.82 Å². The lowest BCUT2D eigenvalue weighted by Crippen LogP contribution is -2.40. The van der Waals surface area contributed by atoms with Crippen molar-refractivity contribution in [1.82, 2.24) is 20.0 Å².